The number of benzene rings is 1. The SMILES string of the molecule is Cc1ccc(-c2nc(C)c(C(=O)NCc3ccc(CS(=O)(=O)NC(C)C)cc3)s2)o1. The zero-order valence-corrected chi connectivity index (χ0v) is 19.0. The number of hydrogen-bond acceptors (Lipinski definition) is 6. The number of aryl methyl sites for hydroxylation is 2. The Kier molecular flexibility index (Phi) is 6.74. The van der Waals surface area contributed by atoms with Crippen molar-refractivity contribution < 1.29 is 17.6 Å². The summed E-state index contributed by atoms with van der Waals surface area (Å²) in [5.74, 6) is 1.16. The summed E-state index contributed by atoms with van der Waals surface area (Å²) in [7, 11) is -3.37. The molecule has 30 heavy (non-hydrogen) atoms. The number of rotatable bonds is 8. The maximum absolute atomic E-state index is 12.6. The van der Waals surface area contributed by atoms with Crippen LogP contribution >= 0.6 is 11.3 Å². The van der Waals surface area contributed by atoms with E-state index in [1.165, 1.54) is 11.3 Å². The Morgan fingerprint density at radius 1 is 1.10 bits per heavy atom. The first-order valence-corrected chi connectivity index (χ1v) is 12.0. The van der Waals surface area contributed by atoms with Crippen molar-refractivity contribution in [2.45, 2.75) is 46.0 Å². The van der Waals surface area contributed by atoms with Gasteiger partial charge in [0.25, 0.3) is 5.91 Å². The average Bonchev–Trinajstić information content (AvgIpc) is 3.25. The minimum Gasteiger partial charge on any atom is -0.459 e. The van der Waals surface area contributed by atoms with Crippen molar-refractivity contribution in [3.05, 3.63) is 63.9 Å². The van der Waals surface area contributed by atoms with Gasteiger partial charge in [0.1, 0.15) is 10.6 Å². The van der Waals surface area contributed by atoms with Crippen LogP contribution in [0.1, 0.15) is 46.1 Å². The number of furan rings is 1. The number of aromatic nitrogens is 1. The standard InChI is InChI=1S/C21H25N3O4S2/c1-13(2)24-30(26,27)12-17-8-6-16(7-9-17)11-22-20(25)19-15(4)23-21(29-19)18-10-5-14(3)28-18/h5-10,13,24H,11-12H2,1-4H3,(H,22,25). The summed E-state index contributed by atoms with van der Waals surface area (Å²) in [6.45, 7) is 7.56. The average molecular weight is 448 g/mol. The third-order valence-electron chi connectivity index (χ3n) is 4.20. The van der Waals surface area contributed by atoms with E-state index in [1.807, 2.05) is 31.2 Å². The smallest absolute Gasteiger partial charge is 0.263 e. The second kappa shape index (κ2) is 9.11. The van der Waals surface area contributed by atoms with E-state index >= 15 is 0 Å². The summed E-state index contributed by atoms with van der Waals surface area (Å²) in [5, 5.41) is 3.56. The lowest BCUT2D eigenvalue weighted by Crippen LogP contribution is -2.31. The molecule has 0 radical (unpaired) electrons. The molecule has 160 valence electrons. The Hall–Kier alpha value is -2.49. The van der Waals surface area contributed by atoms with E-state index in [-0.39, 0.29) is 17.7 Å². The van der Waals surface area contributed by atoms with Crippen LogP contribution in [-0.4, -0.2) is 25.4 Å². The predicted octanol–water partition coefficient (Wildman–Crippen LogP) is 3.78. The summed E-state index contributed by atoms with van der Waals surface area (Å²) in [5.41, 5.74) is 2.22. The highest BCUT2D eigenvalue weighted by Gasteiger charge is 2.18. The third kappa shape index (κ3) is 5.78. The molecular weight excluding hydrogens is 422 g/mol. The minimum atomic E-state index is -3.37. The van der Waals surface area contributed by atoms with Gasteiger partial charge >= 0.3 is 0 Å². The first kappa shape index (κ1) is 22.2. The topological polar surface area (TPSA) is 101 Å². The van der Waals surface area contributed by atoms with E-state index < -0.39 is 10.0 Å². The van der Waals surface area contributed by atoms with Crippen LogP contribution < -0.4 is 10.0 Å². The van der Waals surface area contributed by atoms with Crippen molar-refractivity contribution in [2.24, 2.45) is 0 Å². The highest BCUT2D eigenvalue weighted by molar-refractivity contribution is 7.88. The van der Waals surface area contributed by atoms with E-state index in [2.05, 4.69) is 15.0 Å². The van der Waals surface area contributed by atoms with Crippen LogP contribution in [0.4, 0.5) is 0 Å². The second-order valence-corrected chi connectivity index (χ2v) is 10.1. The van der Waals surface area contributed by atoms with Gasteiger partial charge in [-0.05, 0) is 51.0 Å². The molecule has 0 fully saturated rings. The fraction of sp³-hybridized carbons (Fsp3) is 0.333. The molecule has 0 aliphatic rings. The largest absolute Gasteiger partial charge is 0.459 e. The van der Waals surface area contributed by atoms with Gasteiger partial charge < -0.3 is 9.73 Å². The number of sulfonamides is 1. The van der Waals surface area contributed by atoms with Crippen molar-refractivity contribution >= 4 is 27.3 Å². The molecule has 7 nitrogen and oxygen atoms in total. The summed E-state index contributed by atoms with van der Waals surface area (Å²) >= 11 is 1.29. The Morgan fingerprint density at radius 3 is 2.37 bits per heavy atom. The van der Waals surface area contributed by atoms with Crippen molar-refractivity contribution in [1.82, 2.24) is 15.0 Å². The van der Waals surface area contributed by atoms with Crippen LogP contribution in [0.3, 0.4) is 0 Å². The summed E-state index contributed by atoms with van der Waals surface area (Å²) < 4.78 is 32.2. The first-order chi connectivity index (χ1) is 14.1. The molecule has 0 aliphatic carbocycles. The number of nitrogens with one attached hydrogen (secondary N) is 2. The van der Waals surface area contributed by atoms with Crippen molar-refractivity contribution in [3.8, 4) is 10.8 Å². The lowest BCUT2D eigenvalue weighted by molar-refractivity contribution is 0.0954. The normalized spacial score (nSPS) is 11.8. The summed E-state index contributed by atoms with van der Waals surface area (Å²) in [6, 6.07) is 10.7. The lowest BCUT2D eigenvalue weighted by atomic mass is 10.1. The molecule has 0 saturated heterocycles. The zero-order chi connectivity index (χ0) is 21.9. The van der Waals surface area contributed by atoms with Gasteiger partial charge in [-0.2, -0.15) is 0 Å². The number of nitrogens with zero attached hydrogens (tertiary/aromatic N) is 1. The Labute approximate surface area is 180 Å². The van der Waals surface area contributed by atoms with E-state index in [9.17, 15) is 13.2 Å². The Balaban J connectivity index is 1.61. The van der Waals surface area contributed by atoms with E-state index in [4.69, 9.17) is 4.42 Å². The maximum atomic E-state index is 12.6. The molecule has 3 rings (SSSR count). The molecule has 0 atom stereocenters. The summed E-state index contributed by atoms with van der Waals surface area (Å²) in [4.78, 5) is 17.6. The molecule has 0 unspecified atom stereocenters. The molecule has 2 aromatic heterocycles. The molecule has 3 aromatic rings. The molecule has 1 aromatic carbocycles. The monoisotopic (exact) mass is 447 g/mol. The zero-order valence-electron chi connectivity index (χ0n) is 17.4. The van der Waals surface area contributed by atoms with Crippen molar-refractivity contribution in [3.63, 3.8) is 0 Å². The molecule has 0 bridgehead atoms. The van der Waals surface area contributed by atoms with Crippen molar-refractivity contribution in [2.75, 3.05) is 0 Å². The lowest BCUT2D eigenvalue weighted by Gasteiger charge is -2.10. The quantitative estimate of drug-likeness (QED) is 0.547. The van der Waals surface area contributed by atoms with Gasteiger partial charge in [-0.25, -0.2) is 18.1 Å². The molecule has 9 heteroatoms. The van der Waals surface area contributed by atoms with Crippen molar-refractivity contribution in [1.29, 1.82) is 0 Å². The fourth-order valence-corrected chi connectivity index (χ4v) is 5.28. The maximum Gasteiger partial charge on any atom is 0.263 e. The molecule has 1 amide bonds. The van der Waals surface area contributed by atoms with E-state index in [0.717, 1.165) is 11.3 Å². The number of amides is 1. The number of thiazole rings is 1. The third-order valence-corrected chi connectivity index (χ3v) is 6.92. The van der Waals surface area contributed by atoms with Crippen LogP contribution in [-0.2, 0) is 22.3 Å². The van der Waals surface area contributed by atoms with Crippen LogP contribution in [0.25, 0.3) is 10.8 Å². The molecule has 0 aliphatic heterocycles. The fourth-order valence-electron chi connectivity index (χ4n) is 2.90. The van der Waals surface area contributed by atoms with E-state index in [0.29, 0.717) is 33.4 Å². The van der Waals surface area contributed by atoms with Gasteiger partial charge in [0.05, 0.1) is 11.4 Å². The van der Waals surface area contributed by atoms with Gasteiger partial charge in [-0.3, -0.25) is 4.79 Å². The molecule has 0 spiro atoms. The Morgan fingerprint density at radius 2 is 1.77 bits per heavy atom. The Bertz CT molecular complexity index is 1130. The van der Waals surface area contributed by atoms with Gasteiger partial charge in [0.2, 0.25) is 10.0 Å². The molecule has 0 saturated carbocycles. The van der Waals surface area contributed by atoms with Crippen LogP contribution in [0.5, 0.6) is 0 Å². The molecule has 2 N–H and O–H groups in total. The van der Waals surface area contributed by atoms with E-state index in [1.54, 1.807) is 32.9 Å². The number of hydrogen-bond donors (Lipinski definition) is 2. The first-order valence-electron chi connectivity index (χ1n) is 9.53. The molecule has 2 heterocycles. The van der Waals surface area contributed by atoms with Crippen LogP contribution in [0, 0.1) is 13.8 Å². The van der Waals surface area contributed by atoms with Crippen LogP contribution in [0.2, 0.25) is 0 Å². The van der Waals surface area contributed by atoms with Crippen LogP contribution in [0.15, 0.2) is 40.8 Å². The summed E-state index contributed by atoms with van der Waals surface area (Å²) in [6.07, 6.45) is 0. The highest BCUT2D eigenvalue weighted by Crippen LogP contribution is 2.29. The highest BCUT2D eigenvalue weighted by atomic mass is 32.2. The second-order valence-electron chi connectivity index (χ2n) is 7.37. The van der Waals surface area contributed by atoms with Gasteiger partial charge in [0, 0.05) is 12.6 Å². The minimum absolute atomic E-state index is 0.0765. The molecular formula is C21H25N3O4S2. The van der Waals surface area contributed by atoms with Gasteiger partial charge in [0.15, 0.2) is 10.8 Å². The van der Waals surface area contributed by atoms with Gasteiger partial charge in [-0.15, -0.1) is 11.3 Å². The number of carbonyl (C=O) groups excluding carboxylic acids is 1. The van der Waals surface area contributed by atoms with Gasteiger partial charge in [-0.1, -0.05) is 24.3 Å². The predicted molar refractivity (Wildman–Crippen MR) is 118 cm³/mol. The number of carbonyl (C=O) groups is 1.